The summed E-state index contributed by atoms with van der Waals surface area (Å²) in [7, 11) is 0. The van der Waals surface area contributed by atoms with Crippen molar-refractivity contribution in [1.29, 1.82) is 0 Å². The third kappa shape index (κ3) is 9.00. The smallest absolute Gasteiger partial charge is 2.00 e. The Kier molecular flexibility index (Phi) is 188. The molecule has 0 saturated heterocycles. The molecule has 0 fully saturated rings. The summed E-state index contributed by atoms with van der Waals surface area (Å²) >= 11 is 0. The summed E-state index contributed by atoms with van der Waals surface area (Å²) in [5, 5.41) is 0. The Morgan fingerprint density at radius 2 is 1.00 bits per heavy atom. The van der Waals surface area contributed by atoms with Crippen LogP contribution in [0.5, 0.6) is 0 Å². The molecule has 0 atom stereocenters. The Labute approximate surface area is 67.9 Å². The normalized spacial score (nSPS) is 0. The van der Waals surface area contributed by atoms with E-state index in [1.807, 2.05) is 0 Å². The summed E-state index contributed by atoms with van der Waals surface area (Å²) in [6.07, 6.45) is 0. The van der Waals surface area contributed by atoms with E-state index in [0.717, 1.165) is 0 Å². The van der Waals surface area contributed by atoms with Gasteiger partial charge in [-0.2, -0.15) is 0 Å². The maximum absolute atomic E-state index is 0. The van der Waals surface area contributed by atoms with Gasteiger partial charge >= 0.3 is 63.0 Å². The van der Waals surface area contributed by atoms with Crippen LogP contribution in [0.15, 0.2) is 0 Å². The van der Waals surface area contributed by atoms with E-state index >= 15 is 0 Å². The van der Waals surface area contributed by atoms with Crippen molar-refractivity contribution in [3.8, 4) is 0 Å². The fourth-order valence-electron chi connectivity index (χ4n) is 0. The average Bonchev–Trinajstić information content (AvgIpc) is 0. The standard InChI is InChI=1S/Al.O.Zn.Zr/q+3;-2;+2;+4. The van der Waals surface area contributed by atoms with Gasteiger partial charge in [-0.1, -0.05) is 0 Å². The minimum Gasteiger partial charge on any atom is -2.00 e. The Morgan fingerprint density at radius 1 is 1.00 bits per heavy atom. The summed E-state index contributed by atoms with van der Waals surface area (Å²) < 4.78 is 0. The predicted molar refractivity (Wildman–Crippen MR) is 6.44 cm³/mol. The van der Waals surface area contributed by atoms with Gasteiger partial charge in [-0.15, -0.1) is 0 Å². The third-order valence-electron chi connectivity index (χ3n) is 0. The van der Waals surface area contributed by atoms with Gasteiger partial charge in [0.2, 0.25) is 0 Å². The first-order valence-corrected chi connectivity index (χ1v) is 0. The Hall–Kier alpha value is 2.00. The van der Waals surface area contributed by atoms with E-state index in [-0.39, 0.29) is 68.5 Å². The van der Waals surface area contributed by atoms with E-state index in [2.05, 4.69) is 0 Å². The van der Waals surface area contributed by atoms with Crippen molar-refractivity contribution in [3.63, 3.8) is 0 Å². The summed E-state index contributed by atoms with van der Waals surface area (Å²) in [5.74, 6) is 0. The maximum Gasteiger partial charge on any atom is 4.00 e. The Bertz CT molecular complexity index is 8.00. The molecule has 0 aliphatic carbocycles. The van der Waals surface area contributed by atoms with Crippen LogP contribution in [0.25, 0.3) is 0 Å². The molecule has 0 bridgehead atoms. The van der Waals surface area contributed by atoms with E-state index in [1.54, 1.807) is 0 Å². The molecular formula is AlOZnZr+7. The quantitative estimate of drug-likeness (QED) is 0.471. The predicted octanol–water partition coefficient (Wildman–Crippen LogP) is -0.505. The summed E-state index contributed by atoms with van der Waals surface area (Å²) in [6, 6.07) is 0. The monoisotopic (exact) mass is 197 g/mol. The van der Waals surface area contributed by atoms with Crippen molar-refractivity contribution in [2.24, 2.45) is 0 Å². The summed E-state index contributed by atoms with van der Waals surface area (Å²) in [4.78, 5) is 0. The first-order chi connectivity index (χ1) is 0. The van der Waals surface area contributed by atoms with Gasteiger partial charge < -0.3 is 5.48 Å². The molecule has 8 valence electrons. The van der Waals surface area contributed by atoms with Crippen LogP contribution in [-0.4, -0.2) is 17.4 Å². The average molecular weight is 200 g/mol. The summed E-state index contributed by atoms with van der Waals surface area (Å²) in [6.45, 7) is 0. The van der Waals surface area contributed by atoms with E-state index in [0.29, 0.717) is 0 Å². The molecule has 1 nitrogen and oxygen atoms in total. The maximum atomic E-state index is 0. The fourth-order valence-corrected chi connectivity index (χ4v) is 0. The molecule has 0 aliphatic rings. The molecule has 0 radical (unpaired) electrons. The molecular weight excluding hydrogens is 200 g/mol. The Balaban J connectivity index is 0. The van der Waals surface area contributed by atoms with Gasteiger partial charge in [-0.25, -0.2) is 0 Å². The molecule has 0 aromatic heterocycles. The van der Waals surface area contributed by atoms with Gasteiger partial charge in [0.25, 0.3) is 0 Å². The topological polar surface area (TPSA) is 28.5 Å². The molecule has 0 aliphatic heterocycles. The number of hydrogen-bond donors (Lipinski definition) is 0. The SMILES string of the molecule is [Al+3].[O-2].[Zn+2].[Zr+4]. The van der Waals surface area contributed by atoms with Gasteiger partial charge in [0, 0.05) is 0 Å². The molecule has 0 heterocycles. The largest absolute Gasteiger partial charge is 4.00 e. The van der Waals surface area contributed by atoms with Crippen LogP contribution >= 0.6 is 0 Å². The van der Waals surface area contributed by atoms with Crippen molar-refractivity contribution in [1.82, 2.24) is 0 Å². The van der Waals surface area contributed by atoms with E-state index in [1.165, 1.54) is 0 Å². The molecule has 4 heteroatoms. The summed E-state index contributed by atoms with van der Waals surface area (Å²) in [5.41, 5.74) is 0. The molecule has 0 aromatic rings. The second-order valence-electron chi connectivity index (χ2n) is 0. The minimum atomic E-state index is 0. The Morgan fingerprint density at radius 3 is 1.00 bits per heavy atom. The molecule has 4 heavy (non-hydrogen) atoms. The van der Waals surface area contributed by atoms with Crippen LogP contribution in [0.3, 0.4) is 0 Å². The van der Waals surface area contributed by atoms with Crippen molar-refractivity contribution in [2.45, 2.75) is 0 Å². The van der Waals surface area contributed by atoms with E-state index in [9.17, 15) is 0 Å². The van der Waals surface area contributed by atoms with Gasteiger partial charge in [-0.3, -0.25) is 0 Å². The number of rotatable bonds is 0. The third-order valence-corrected chi connectivity index (χ3v) is 0. The van der Waals surface area contributed by atoms with Crippen LogP contribution in [0.1, 0.15) is 0 Å². The molecule has 0 aromatic carbocycles. The molecule has 0 spiro atoms. The van der Waals surface area contributed by atoms with Gasteiger partial charge in [-0.05, 0) is 0 Å². The second-order valence-corrected chi connectivity index (χ2v) is 0. The number of hydrogen-bond acceptors (Lipinski definition) is 0. The first-order valence-electron chi connectivity index (χ1n) is 0. The molecule has 0 unspecified atom stereocenters. The van der Waals surface area contributed by atoms with E-state index < -0.39 is 0 Å². The zero-order valence-corrected chi connectivity index (χ0v) is 8.77. The second kappa shape index (κ2) is 20.0. The molecule has 0 N–H and O–H groups in total. The first kappa shape index (κ1) is 37.5. The minimum absolute atomic E-state index is 0. The van der Waals surface area contributed by atoms with Crippen LogP contribution in [0.4, 0.5) is 0 Å². The molecule has 0 saturated carbocycles. The van der Waals surface area contributed by atoms with Crippen molar-refractivity contribution in [2.75, 3.05) is 0 Å². The molecule has 0 rings (SSSR count). The van der Waals surface area contributed by atoms with Gasteiger partial charge in [0.05, 0.1) is 0 Å². The molecule has 0 amide bonds. The van der Waals surface area contributed by atoms with Gasteiger partial charge in [0.1, 0.15) is 0 Å². The van der Waals surface area contributed by atoms with Crippen LogP contribution in [0, 0.1) is 0 Å². The van der Waals surface area contributed by atoms with Crippen molar-refractivity contribution in [3.05, 3.63) is 0 Å². The van der Waals surface area contributed by atoms with Crippen LogP contribution < -0.4 is 0 Å². The zero-order valence-electron chi connectivity index (χ0n) is 2.19. The van der Waals surface area contributed by atoms with Crippen LogP contribution in [0.2, 0.25) is 0 Å². The van der Waals surface area contributed by atoms with Gasteiger partial charge in [0.15, 0.2) is 0 Å². The fraction of sp³-hybridized carbons (Fsp3) is 0. The van der Waals surface area contributed by atoms with Crippen molar-refractivity contribution >= 4 is 17.4 Å². The van der Waals surface area contributed by atoms with E-state index in [4.69, 9.17) is 0 Å². The van der Waals surface area contributed by atoms with Crippen LogP contribution in [-0.2, 0) is 51.2 Å². The zero-order chi connectivity index (χ0) is 0. The van der Waals surface area contributed by atoms with Crippen molar-refractivity contribution < 1.29 is 51.2 Å².